The Hall–Kier alpha value is -0.0813. The zero-order valence-corrected chi connectivity index (χ0v) is 38.8. The van der Waals surface area contributed by atoms with Gasteiger partial charge in [0.1, 0.15) is 0 Å². The van der Waals surface area contributed by atoms with Crippen LogP contribution in [0.15, 0.2) is 24.3 Å². The van der Waals surface area contributed by atoms with Gasteiger partial charge in [0, 0.05) is 23.8 Å². The number of carbonyl (C=O) groups is 2. The SMILES string of the molecule is CCCCCCCCC=CCCCCCCCCC(CS)C(=O)[O-].CCCCCCCCC=CCCCCCCCCC(CS)C(=O)[O-].[CH3][Sn+2][CH3]. The molecule has 0 aliphatic carbocycles. The Balaban J connectivity index is -0.000000838. The maximum atomic E-state index is 10.8. The predicted octanol–water partition coefficient (Wildman–Crippen LogP) is 12.2. The van der Waals surface area contributed by atoms with Gasteiger partial charge in [-0.15, -0.1) is 0 Å². The number of allylic oxidation sites excluding steroid dienone is 4. The Labute approximate surface area is 340 Å². The van der Waals surface area contributed by atoms with Crippen molar-refractivity contribution in [2.45, 2.75) is 216 Å². The molecule has 0 aromatic carbocycles. The molecule has 0 bridgehead atoms. The van der Waals surface area contributed by atoms with E-state index >= 15 is 0 Å². The van der Waals surface area contributed by atoms with E-state index in [4.69, 9.17) is 0 Å². The molecule has 2 unspecified atom stereocenters. The fraction of sp³-hybridized carbons (Fsp3) is 0.864. The van der Waals surface area contributed by atoms with Crippen molar-refractivity contribution in [3.63, 3.8) is 0 Å². The molecule has 0 aromatic rings. The molecule has 0 N–H and O–H groups in total. The van der Waals surface area contributed by atoms with Gasteiger partial charge < -0.3 is 19.8 Å². The van der Waals surface area contributed by atoms with Crippen LogP contribution in [-0.4, -0.2) is 44.6 Å². The van der Waals surface area contributed by atoms with Crippen molar-refractivity contribution in [3.8, 4) is 0 Å². The minimum absolute atomic E-state index is 0.230. The molecule has 0 saturated heterocycles. The molecule has 0 aliphatic heterocycles. The first-order valence-electron chi connectivity index (χ1n) is 21.4. The van der Waals surface area contributed by atoms with Crippen LogP contribution in [0.5, 0.6) is 0 Å². The molecule has 0 aliphatic rings. The standard InChI is InChI=1S/2C21H40O2S.2CH3.Sn/c2*1-2-3-4-5-6-7-8-9-10-11-12-13-14-15-16-17-18-20(19-24)21(22)23;;;/h2*9-10,20,24H,2-8,11-19H2,1H3,(H,22,23);2*1H3;/q;;;;+2/p-2. The topological polar surface area (TPSA) is 80.3 Å². The van der Waals surface area contributed by atoms with E-state index in [0.29, 0.717) is 24.3 Å². The van der Waals surface area contributed by atoms with E-state index in [2.05, 4.69) is 73.3 Å². The van der Waals surface area contributed by atoms with Crippen molar-refractivity contribution >= 4 is 58.3 Å². The monoisotopic (exact) mass is 860 g/mol. The van der Waals surface area contributed by atoms with E-state index in [1.807, 2.05) is 0 Å². The molecule has 4 nitrogen and oxygen atoms in total. The Morgan fingerprint density at radius 2 is 0.667 bits per heavy atom. The molecule has 0 amide bonds. The minimum atomic E-state index is -0.947. The molecule has 0 radical (unpaired) electrons. The number of hydrogen-bond acceptors (Lipinski definition) is 6. The second kappa shape index (κ2) is 49.9. The number of carboxylic acids is 2. The third-order valence-corrected chi connectivity index (χ3v) is 10.1. The average molecular weight is 860 g/mol. The summed E-state index contributed by atoms with van der Waals surface area (Å²) in [5.41, 5.74) is 0. The van der Waals surface area contributed by atoms with Gasteiger partial charge >= 0.3 is 31.0 Å². The molecular formula is C44H84O4S2Sn. The Morgan fingerprint density at radius 1 is 0.451 bits per heavy atom. The zero-order chi connectivity index (χ0) is 38.5. The van der Waals surface area contributed by atoms with Gasteiger partial charge in [0.2, 0.25) is 0 Å². The Bertz CT molecular complexity index is 687. The summed E-state index contributed by atoms with van der Waals surface area (Å²) in [7, 11) is 0. The fourth-order valence-electron chi connectivity index (χ4n) is 5.84. The number of hydrogen-bond donors (Lipinski definition) is 2. The first-order chi connectivity index (χ1) is 24.9. The van der Waals surface area contributed by atoms with E-state index < -0.39 is 11.9 Å². The molecule has 0 fully saturated rings. The molecule has 51 heavy (non-hydrogen) atoms. The number of carbonyl (C=O) groups excluding carboxylic acids is 2. The van der Waals surface area contributed by atoms with Gasteiger partial charge in [-0.2, -0.15) is 25.3 Å². The van der Waals surface area contributed by atoms with Crippen molar-refractivity contribution in [3.05, 3.63) is 24.3 Å². The van der Waals surface area contributed by atoms with Gasteiger partial charge in [-0.3, -0.25) is 0 Å². The second-order valence-electron chi connectivity index (χ2n) is 14.4. The third kappa shape index (κ3) is 49.9. The van der Waals surface area contributed by atoms with E-state index in [1.54, 1.807) is 0 Å². The van der Waals surface area contributed by atoms with Gasteiger partial charge in [-0.1, -0.05) is 167 Å². The van der Waals surface area contributed by atoms with Crippen LogP contribution in [0.2, 0.25) is 9.88 Å². The van der Waals surface area contributed by atoms with E-state index in [-0.39, 0.29) is 33.0 Å². The number of carboxylic acid groups (broad SMARTS) is 2. The molecule has 0 rings (SSSR count). The average Bonchev–Trinajstić information content (AvgIpc) is 3.11. The normalized spacial score (nSPS) is 12.2. The summed E-state index contributed by atoms with van der Waals surface area (Å²) in [4.78, 5) is 26.1. The van der Waals surface area contributed by atoms with Crippen molar-refractivity contribution in [1.29, 1.82) is 0 Å². The first-order valence-corrected chi connectivity index (χ1v) is 28.3. The van der Waals surface area contributed by atoms with Crippen LogP contribution in [0, 0.1) is 11.8 Å². The number of unbranched alkanes of at least 4 members (excludes halogenated alkanes) is 24. The second-order valence-corrected chi connectivity index (χ2v) is 17.9. The van der Waals surface area contributed by atoms with Crippen LogP contribution in [0.4, 0.5) is 0 Å². The molecule has 0 aromatic heterocycles. The van der Waals surface area contributed by atoms with Gasteiger partial charge in [0.15, 0.2) is 0 Å². The van der Waals surface area contributed by atoms with Crippen LogP contribution in [0.1, 0.15) is 206 Å². The third-order valence-electron chi connectivity index (χ3n) is 9.24. The van der Waals surface area contributed by atoms with Crippen molar-refractivity contribution < 1.29 is 19.8 Å². The molecular weight excluding hydrogens is 775 g/mol. The summed E-state index contributed by atoms with van der Waals surface area (Å²) in [5, 5.41) is 21.5. The summed E-state index contributed by atoms with van der Waals surface area (Å²) in [6.45, 7) is 4.53. The summed E-state index contributed by atoms with van der Waals surface area (Å²) in [6.07, 6.45) is 46.6. The molecule has 0 saturated carbocycles. The summed E-state index contributed by atoms with van der Waals surface area (Å²) in [6, 6.07) is 0. The molecule has 0 spiro atoms. The van der Waals surface area contributed by atoms with Crippen LogP contribution >= 0.6 is 25.3 Å². The summed E-state index contributed by atoms with van der Waals surface area (Å²) < 4.78 is 0. The van der Waals surface area contributed by atoms with Crippen molar-refractivity contribution in [1.82, 2.24) is 0 Å². The van der Waals surface area contributed by atoms with Crippen molar-refractivity contribution in [2.75, 3.05) is 11.5 Å². The number of aliphatic carboxylic acids is 2. The van der Waals surface area contributed by atoms with Crippen LogP contribution in [-0.2, 0) is 9.59 Å². The Kier molecular flexibility index (Phi) is 54.1. The van der Waals surface area contributed by atoms with Gasteiger partial charge in [-0.25, -0.2) is 0 Å². The zero-order valence-electron chi connectivity index (χ0n) is 34.1. The van der Waals surface area contributed by atoms with E-state index in [9.17, 15) is 19.8 Å². The maximum absolute atomic E-state index is 10.8. The fourth-order valence-corrected chi connectivity index (χ4v) is 6.51. The van der Waals surface area contributed by atoms with E-state index in [0.717, 1.165) is 25.7 Å². The summed E-state index contributed by atoms with van der Waals surface area (Å²) >= 11 is 8.35. The Morgan fingerprint density at radius 3 is 0.882 bits per heavy atom. The van der Waals surface area contributed by atoms with Gasteiger partial charge in [-0.05, 0) is 75.7 Å². The van der Waals surface area contributed by atoms with E-state index in [1.165, 1.54) is 154 Å². The van der Waals surface area contributed by atoms with Gasteiger partial charge in [0.25, 0.3) is 0 Å². The summed E-state index contributed by atoms with van der Waals surface area (Å²) in [5.74, 6) is -1.84. The van der Waals surface area contributed by atoms with Gasteiger partial charge in [0.05, 0.1) is 0 Å². The molecule has 7 heteroatoms. The quantitative estimate of drug-likeness (QED) is 0.0285. The number of thiol groups is 2. The molecule has 300 valence electrons. The predicted molar refractivity (Wildman–Crippen MR) is 230 cm³/mol. The van der Waals surface area contributed by atoms with Crippen LogP contribution < -0.4 is 10.2 Å². The number of rotatable bonds is 36. The van der Waals surface area contributed by atoms with Crippen LogP contribution in [0.25, 0.3) is 0 Å². The molecule has 2 atom stereocenters. The first kappa shape index (κ1) is 55.3. The molecule has 0 heterocycles. The van der Waals surface area contributed by atoms with Crippen LogP contribution in [0.3, 0.4) is 0 Å². The van der Waals surface area contributed by atoms with Crippen molar-refractivity contribution in [2.24, 2.45) is 11.8 Å².